The second kappa shape index (κ2) is 11.8. The minimum absolute atomic E-state index is 0.765. The molecule has 1 N–H and O–H groups in total. The maximum absolute atomic E-state index is 3.52. The monoisotopic (exact) mass is 290 g/mol. The summed E-state index contributed by atoms with van der Waals surface area (Å²) in [5.74, 6) is 0.765. The maximum Gasteiger partial charge on any atom is 0.0233 e. The van der Waals surface area contributed by atoms with Gasteiger partial charge in [-0.15, -0.1) is 0 Å². The highest BCUT2D eigenvalue weighted by molar-refractivity contribution is 5.14. The maximum atomic E-state index is 3.52. The van der Waals surface area contributed by atoms with Crippen LogP contribution in [0, 0.1) is 5.92 Å². The number of benzene rings is 1. The van der Waals surface area contributed by atoms with E-state index in [0.717, 1.165) is 25.6 Å². The Kier molecular flexibility index (Phi) is 10.2. The zero-order chi connectivity index (χ0) is 15.3. The summed E-state index contributed by atoms with van der Waals surface area (Å²) in [4.78, 5) is 2.55. The molecular formula is C19H34N2. The van der Waals surface area contributed by atoms with Crippen molar-refractivity contribution in [3.05, 3.63) is 35.9 Å². The first kappa shape index (κ1) is 18.2. The van der Waals surface area contributed by atoms with E-state index in [9.17, 15) is 0 Å². The Morgan fingerprint density at radius 1 is 1.00 bits per heavy atom. The van der Waals surface area contributed by atoms with Crippen LogP contribution in [-0.2, 0) is 6.54 Å². The van der Waals surface area contributed by atoms with Crippen LogP contribution in [0.3, 0.4) is 0 Å². The van der Waals surface area contributed by atoms with Crippen molar-refractivity contribution in [3.8, 4) is 0 Å². The predicted octanol–water partition coefficient (Wildman–Crippen LogP) is 4.31. The zero-order valence-corrected chi connectivity index (χ0v) is 14.3. The smallest absolute Gasteiger partial charge is 0.0233 e. The molecule has 1 aromatic rings. The van der Waals surface area contributed by atoms with Crippen LogP contribution in [0.4, 0.5) is 0 Å². The molecule has 0 amide bonds. The second-order valence-electron chi connectivity index (χ2n) is 6.37. The highest BCUT2D eigenvalue weighted by atomic mass is 15.1. The van der Waals surface area contributed by atoms with Gasteiger partial charge in [-0.2, -0.15) is 0 Å². The van der Waals surface area contributed by atoms with Crippen molar-refractivity contribution < 1.29 is 0 Å². The Bertz CT molecular complexity index is 335. The van der Waals surface area contributed by atoms with Crippen LogP contribution in [0.1, 0.15) is 52.0 Å². The van der Waals surface area contributed by atoms with Crippen molar-refractivity contribution in [1.82, 2.24) is 10.2 Å². The summed E-state index contributed by atoms with van der Waals surface area (Å²) in [7, 11) is 0. The average Bonchev–Trinajstić information content (AvgIpc) is 2.49. The lowest BCUT2D eigenvalue weighted by molar-refractivity contribution is 0.272. The topological polar surface area (TPSA) is 15.3 Å². The molecule has 2 heteroatoms. The van der Waals surface area contributed by atoms with E-state index >= 15 is 0 Å². The molecule has 1 aromatic carbocycles. The lowest BCUT2D eigenvalue weighted by atomic mass is 10.1. The Labute approximate surface area is 131 Å². The number of hydrogen-bond acceptors (Lipinski definition) is 2. The molecule has 0 radical (unpaired) electrons. The molecule has 0 fully saturated rings. The van der Waals surface area contributed by atoms with E-state index in [1.54, 1.807) is 0 Å². The van der Waals surface area contributed by atoms with Gasteiger partial charge in [-0.1, -0.05) is 63.9 Å². The summed E-state index contributed by atoms with van der Waals surface area (Å²) in [6.45, 7) is 12.6. The van der Waals surface area contributed by atoms with Crippen LogP contribution in [0.2, 0.25) is 0 Å². The first-order chi connectivity index (χ1) is 10.2. The van der Waals surface area contributed by atoms with Gasteiger partial charge in [-0.3, -0.25) is 4.90 Å². The lowest BCUT2D eigenvalue weighted by Gasteiger charge is -2.20. The van der Waals surface area contributed by atoms with E-state index in [1.165, 1.54) is 44.3 Å². The first-order valence-corrected chi connectivity index (χ1v) is 8.69. The zero-order valence-electron chi connectivity index (χ0n) is 14.3. The molecule has 0 spiro atoms. The summed E-state index contributed by atoms with van der Waals surface area (Å²) < 4.78 is 0. The highest BCUT2D eigenvalue weighted by Crippen LogP contribution is 2.07. The van der Waals surface area contributed by atoms with Crippen LogP contribution in [-0.4, -0.2) is 31.1 Å². The van der Waals surface area contributed by atoms with Gasteiger partial charge in [-0.05, 0) is 50.5 Å². The Morgan fingerprint density at radius 3 is 2.38 bits per heavy atom. The summed E-state index contributed by atoms with van der Waals surface area (Å²) in [5, 5.41) is 3.52. The third-order valence-corrected chi connectivity index (χ3v) is 3.83. The van der Waals surface area contributed by atoms with Crippen LogP contribution >= 0.6 is 0 Å². The molecule has 0 aliphatic carbocycles. The third-order valence-electron chi connectivity index (χ3n) is 3.83. The van der Waals surface area contributed by atoms with Crippen molar-refractivity contribution in [3.63, 3.8) is 0 Å². The van der Waals surface area contributed by atoms with Crippen molar-refractivity contribution in [1.29, 1.82) is 0 Å². The fraction of sp³-hybridized carbons (Fsp3) is 0.684. The van der Waals surface area contributed by atoms with Crippen LogP contribution in [0.25, 0.3) is 0 Å². The van der Waals surface area contributed by atoms with E-state index in [-0.39, 0.29) is 0 Å². The summed E-state index contributed by atoms with van der Waals surface area (Å²) in [5.41, 5.74) is 1.43. The number of unbranched alkanes of at least 4 members (excludes halogenated alkanes) is 3. The number of rotatable bonds is 12. The van der Waals surface area contributed by atoms with E-state index in [1.807, 2.05) is 0 Å². The summed E-state index contributed by atoms with van der Waals surface area (Å²) in [6.07, 6.45) is 5.35. The van der Waals surface area contributed by atoms with E-state index in [2.05, 4.69) is 61.3 Å². The standard InChI is InChI=1S/C19H34N2/c1-4-21(17-19-12-8-7-9-13-19)15-11-6-5-10-14-20-16-18(2)3/h7-9,12-13,18,20H,4-6,10-11,14-17H2,1-3H3. The molecule has 0 aromatic heterocycles. The average molecular weight is 290 g/mol. The molecule has 1 rings (SSSR count). The van der Waals surface area contributed by atoms with Crippen molar-refractivity contribution in [2.45, 2.75) is 53.0 Å². The Balaban J connectivity index is 2.02. The van der Waals surface area contributed by atoms with Crippen LogP contribution < -0.4 is 5.32 Å². The van der Waals surface area contributed by atoms with Crippen molar-refractivity contribution >= 4 is 0 Å². The molecule has 2 nitrogen and oxygen atoms in total. The fourth-order valence-corrected chi connectivity index (χ4v) is 2.52. The van der Waals surface area contributed by atoms with Gasteiger partial charge < -0.3 is 5.32 Å². The van der Waals surface area contributed by atoms with Crippen molar-refractivity contribution in [2.75, 3.05) is 26.2 Å². The van der Waals surface area contributed by atoms with Gasteiger partial charge in [-0.25, -0.2) is 0 Å². The molecule has 0 unspecified atom stereocenters. The Morgan fingerprint density at radius 2 is 1.71 bits per heavy atom. The number of nitrogens with one attached hydrogen (secondary N) is 1. The SMILES string of the molecule is CCN(CCCCCCNCC(C)C)Cc1ccccc1. The van der Waals surface area contributed by atoms with Gasteiger partial charge in [0.05, 0.1) is 0 Å². The van der Waals surface area contributed by atoms with Crippen LogP contribution in [0.5, 0.6) is 0 Å². The summed E-state index contributed by atoms with van der Waals surface area (Å²) in [6, 6.07) is 10.8. The summed E-state index contributed by atoms with van der Waals surface area (Å²) >= 11 is 0. The molecule has 0 atom stereocenters. The quantitative estimate of drug-likeness (QED) is 0.577. The third kappa shape index (κ3) is 9.65. The van der Waals surface area contributed by atoms with Gasteiger partial charge in [0, 0.05) is 6.54 Å². The molecule has 0 saturated heterocycles. The largest absolute Gasteiger partial charge is 0.316 e. The first-order valence-electron chi connectivity index (χ1n) is 8.69. The molecule has 0 aliphatic rings. The number of hydrogen-bond donors (Lipinski definition) is 1. The lowest BCUT2D eigenvalue weighted by Crippen LogP contribution is -2.24. The van der Waals surface area contributed by atoms with Crippen molar-refractivity contribution in [2.24, 2.45) is 5.92 Å². The minimum Gasteiger partial charge on any atom is -0.316 e. The normalized spacial score (nSPS) is 11.5. The Hall–Kier alpha value is -0.860. The van der Waals surface area contributed by atoms with Gasteiger partial charge >= 0.3 is 0 Å². The molecular weight excluding hydrogens is 256 g/mol. The van der Waals surface area contributed by atoms with Gasteiger partial charge in [0.1, 0.15) is 0 Å². The molecule has 0 saturated carbocycles. The molecule has 0 aliphatic heterocycles. The minimum atomic E-state index is 0.765. The van der Waals surface area contributed by atoms with Crippen LogP contribution in [0.15, 0.2) is 30.3 Å². The molecule has 0 heterocycles. The number of nitrogens with zero attached hydrogens (tertiary/aromatic N) is 1. The molecule has 0 bridgehead atoms. The fourth-order valence-electron chi connectivity index (χ4n) is 2.52. The second-order valence-corrected chi connectivity index (χ2v) is 6.37. The van der Waals surface area contributed by atoms with E-state index in [0.29, 0.717) is 0 Å². The van der Waals surface area contributed by atoms with Gasteiger partial charge in [0.2, 0.25) is 0 Å². The van der Waals surface area contributed by atoms with E-state index < -0.39 is 0 Å². The van der Waals surface area contributed by atoms with E-state index in [4.69, 9.17) is 0 Å². The van der Waals surface area contributed by atoms with Gasteiger partial charge in [0.15, 0.2) is 0 Å². The predicted molar refractivity (Wildman–Crippen MR) is 93.6 cm³/mol. The molecule has 120 valence electrons. The van der Waals surface area contributed by atoms with Gasteiger partial charge in [0.25, 0.3) is 0 Å². The highest BCUT2D eigenvalue weighted by Gasteiger charge is 2.03. The molecule has 21 heavy (non-hydrogen) atoms.